The van der Waals surface area contributed by atoms with Gasteiger partial charge in [-0.05, 0) is 31.5 Å². The van der Waals surface area contributed by atoms with E-state index in [0.29, 0.717) is 13.2 Å². The molecular formula is C14H19NO5. The van der Waals surface area contributed by atoms with E-state index in [-0.39, 0.29) is 11.3 Å². The number of amides is 1. The van der Waals surface area contributed by atoms with Crippen LogP contribution in [0.2, 0.25) is 0 Å². The maximum atomic E-state index is 11.8. The molecule has 1 aromatic rings. The summed E-state index contributed by atoms with van der Waals surface area (Å²) in [5.41, 5.74) is 0.858. The molecule has 0 aliphatic rings. The highest BCUT2D eigenvalue weighted by Gasteiger charge is 2.20. The number of carbonyl (C=O) groups is 2. The third kappa shape index (κ3) is 4.55. The van der Waals surface area contributed by atoms with Gasteiger partial charge in [-0.2, -0.15) is 0 Å². The van der Waals surface area contributed by atoms with Gasteiger partial charge >= 0.3 is 5.97 Å². The molecule has 6 heteroatoms. The minimum absolute atomic E-state index is 0.0344. The number of hydrogen-bond acceptors (Lipinski definition) is 5. The molecule has 0 spiro atoms. The summed E-state index contributed by atoms with van der Waals surface area (Å²) in [5.74, 6) is -1.32. The number of nitrogens with one attached hydrogen (secondary N) is 1. The van der Waals surface area contributed by atoms with E-state index in [2.05, 4.69) is 5.32 Å². The molecule has 0 saturated heterocycles. The summed E-state index contributed by atoms with van der Waals surface area (Å²) in [6, 6.07) is 4.60. The lowest BCUT2D eigenvalue weighted by molar-refractivity contribution is -0.129. The molecule has 20 heavy (non-hydrogen) atoms. The third-order valence-electron chi connectivity index (χ3n) is 2.63. The molecule has 0 aromatic heterocycles. The van der Waals surface area contributed by atoms with E-state index in [0.717, 1.165) is 5.56 Å². The number of benzene rings is 1. The van der Waals surface area contributed by atoms with Crippen LogP contribution in [0, 0.1) is 6.92 Å². The summed E-state index contributed by atoms with van der Waals surface area (Å²) in [7, 11) is 1.52. The monoisotopic (exact) mass is 281 g/mol. The maximum absolute atomic E-state index is 11.8. The number of methoxy groups -OCH3 is 1. The fraction of sp³-hybridized carbons (Fsp3) is 0.429. The number of rotatable bonds is 6. The molecular weight excluding hydrogens is 262 g/mol. The minimum atomic E-state index is -0.944. The van der Waals surface area contributed by atoms with Crippen molar-refractivity contribution in [3.63, 3.8) is 0 Å². The van der Waals surface area contributed by atoms with Crippen LogP contribution in [0.3, 0.4) is 0 Å². The predicted octanol–water partition coefficient (Wildman–Crippen LogP) is 1.01. The van der Waals surface area contributed by atoms with E-state index in [1.54, 1.807) is 13.0 Å². The van der Waals surface area contributed by atoms with Crippen molar-refractivity contribution >= 4 is 11.9 Å². The summed E-state index contributed by atoms with van der Waals surface area (Å²) in [6.45, 7) is 3.98. The molecule has 0 fully saturated rings. The second kappa shape index (κ2) is 7.49. The summed E-state index contributed by atoms with van der Waals surface area (Å²) < 4.78 is 9.79. The highest BCUT2D eigenvalue weighted by Crippen LogP contribution is 2.19. The molecule has 1 rings (SSSR count). The fourth-order valence-corrected chi connectivity index (χ4v) is 1.51. The van der Waals surface area contributed by atoms with Crippen molar-refractivity contribution < 1.29 is 24.2 Å². The van der Waals surface area contributed by atoms with Gasteiger partial charge in [-0.1, -0.05) is 6.07 Å². The lowest BCUT2D eigenvalue weighted by Gasteiger charge is -2.14. The average molecular weight is 281 g/mol. The third-order valence-corrected chi connectivity index (χ3v) is 2.63. The quantitative estimate of drug-likeness (QED) is 0.600. The fourth-order valence-electron chi connectivity index (χ4n) is 1.51. The van der Waals surface area contributed by atoms with Crippen LogP contribution in [0.4, 0.5) is 0 Å². The molecule has 0 unspecified atom stereocenters. The Morgan fingerprint density at radius 1 is 1.40 bits per heavy atom. The Bertz CT molecular complexity index is 486. The van der Waals surface area contributed by atoms with Gasteiger partial charge in [0.25, 0.3) is 5.91 Å². The Kier molecular flexibility index (Phi) is 5.99. The van der Waals surface area contributed by atoms with Gasteiger partial charge in [0, 0.05) is 13.7 Å². The van der Waals surface area contributed by atoms with Crippen molar-refractivity contribution in [3.8, 4) is 5.75 Å². The number of aromatic hydroxyl groups is 1. The molecule has 0 aliphatic carbocycles. The Morgan fingerprint density at radius 3 is 2.70 bits per heavy atom. The molecule has 0 aliphatic heterocycles. The zero-order valence-corrected chi connectivity index (χ0v) is 11.8. The van der Waals surface area contributed by atoms with Crippen LogP contribution >= 0.6 is 0 Å². The van der Waals surface area contributed by atoms with Gasteiger partial charge in [-0.25, -0.2) is 4.79 Å². The van der Waals surface area contributed by atoms with E-state index in [9.17, 15) is 14.7 Å². The first-order chi connectivity index (χ1) is 9.45. The smallest absolute Gasteiger partial charge is 0.342 e. The van der Waals surface area contributed by atoms with E-state index in [4.69, 9.17) is 9.47 Å². The van der Waals surface area contributed by atoms with E-state index in [1.165, 1.54) is 26.2 Å². The molecule has 1 atom stereocenters. The van der Waals surface area contributed by atoms with E-state index in [1.807, 2.05) is 0 Å². The number of esters is 1. The van der Waals surface area contributed by atoms with Crippen LogP contribution in [0.25, 0.3) is 0 Å². The molecule has 0 heterocycles. The lowest BCUT2D eigenvalue weighted by Crippen LogP contribution is -2.37. The molecule has 6 nitrogen and oxygen atoms in total. The van der Waals surface area contributed by atoms with Crippen LogP contribution < -0.4 is 5.32 Å². The minimum Gasteiger partial charge on any atom is -0.507 e. The highest BCUT2D eigenvalue weighted by atomic mass is 16.5. The normalized spacial score (nSPS) is 11.8. The number of ether oxygens (including phenoxy) is 2. The second-order valence-corrected chi connectivity index (χ2v) is 4.35. The van der Waals surface area contributed by atoms with Crippen LogP contribution in [0.15, 0.2) is 18.2 Å². The average Bonchev–Trinajstić information content (AvgIpc) is 2.38. The predicted molar refractivity (Wildman–Crippen MR) is 72.6 cm³/mol. The van der Waals surface area contributed by atoms with Crippen molar-refractivity contribution in [2.45, 2.75) is 20.0 Å². The van der Waals surface area contributed by atoms with Crippen molar-refractivity contribution in [1.82, 2.24) is 5.32 Å². The Labute approximate surface area is 117 Å². The Hall–Kier alpha value is -2.08. The molecule has 110 valence electrons. The van der Waals surface area contributed by atoms with Crippen LogP contribution in [-0.2, 0) is 14.3 Å². The first-order valence-electron chi connectivity index (χ1n) is 6.23. The summed E-state index contributed by atoms with van der Waals surface area (Å²) in [6.07, 6.45) is -0.944. The molecule has 1 amide bonds. The van der Waals surface area contributed by atoms with Gasteiger partial charge in [-0.3, -0.25) is 4.79 Å². The summed E-state index contributed by atoms with van der Waals surface area (Å²) in [5, 5.41) is 12.2. The molecule has 2 N–H and O–H groups in total. The molecule has 0 bridgehead atoms. The van der Waals surface area contributed by atoms with Gasteiger partial charge < -0.3 is 19.9 Å². The van der Waals surface area contributed by atoms with Crippen LogP contribution in [0.5, 0.6) is 5.75 Å². The number of aryl methyl sites for hydroxylation is 1. The van der Waals surface area contributed by atoms with Crippen molar-refractivity contribution in [2.75, 3.05) is 20.3 Å². The van der Waals surface area contributed by atoms with E-state index >= 15 is 0 Å². The van der Waals surface area contributed by atoms with Crippen molar-refractivity contribution in [2.24, 2.45) is 0 Å². The van der Waals surface area contributed by atoms with Gasteiger partial charge in [0.05, 0.1) is 6.61 Å². The summed E-state index contributed by atoms with van der Waals surface area (Å²) >= 11 is 0. The SMILES string of the molecule is COCCNC(=O)[C@@H](C)OC(=O)c1ccc(C)cc1O. The van der Waals surface area contributed by atoms with Crippen LogP contribution in [0.1, 0.15) is 22.8 Å². The first kappa shape index (κ1) is 16.0. The topological polar surface area (TPSA) is 84.9 Å². The Morgan fingerprint density at radius 2 is 2.10 bits per heavy atom. The van der Waals surface area contributed by atoms with Gasteiger partial charge in [0.15, 0.2) is 6.10 Å². The first-order valence-corrected chi connectivity index (χ1v) is 6.23. The number of phenols is 1. The maximum Gasteiger partial charge on any atom is 0.342 e. The number of carbonyl (C=O) groups excluding carboxylic acids is 2. The zero-order chi connectivity index (χ0) is 15.1. The van der Waals surface area contributed by atoms with E-state index < -0.39 is 18.0 Å². The van der Waals surface area contributed by atoms with Gasteiger partial charge in [0.1, 0.15) is 11.3 Å². The largest absolute Gasteiger partial charge is 0.507 e. The number of phenolic OH excluding ortho intramolecular Hbond substituents is 1. The zero-order valence-electron chi connectivity index (χ0n) is 11.8. The highest BCUT2D eigenvalue weighted by molar-refractivity contribution is 5.94. The molecule has 0 saturated carbocycles. The Balaban J connectivity index is 2.58. The van der Waals surface area contributed by atoms with Crippen LogP contribution in [-0.4, -0.2) is 43.3 Å². The number of hydrogen-bond donors (Lipinski definition) is 2. The molecule has 1 aromatic carbocycles. The molecule has 0 radical (unpaired) electrons. The van der Waals surface area contributed by atoms with Gasteiger partial charge in [0.2, 0.25) is 0 Å². The standard InChI is InChI=1S/C14H19NO5/c1-9-4-5-11(12(16)8-9)14(18)20-10(2)13(17)15-6-7-19-3/h4-5,8,10,16H,6-7H2,1-3H3,(H,15,17)/t10-/m1/s1. The van der Waals surface area contributed by atoms with Gasteiger partial charge in [-0.15, -0.1) is 0 Å². The van der Waals surface area contributed by atoms with Crippen molar-refractivity contribution in [1.29, 1.82) is 0 Å². The lowest BCUT2D eigenvalue weighted by atomic mass is 10.1. The van der Waals surface area contributed by atoms with Crippen molar-refractivity contribution in [3.05, 3.63) is 29.3 Å². The summed E-state index contributed by atoms with van der Waals surface area (Å²) in [4.78, 5) is 23.5. The second-order valence-electron chi connectivity index (χ2n) is 4.35.